The zero-order valence-electron chi connectivity index (χ0n) is 22.4. The number of carbonyl (C=O) groups is 3. The predicted molar refractivity (Wildman–Crippen MR) is 161 cm³/mol. The summed E-state index contributed by atoms with van der Waals surface area (Å²) in [6.45, 7) is 5.90. The molecule has 1 fully saturated rings. The van der Waals surface area contributed by atoms with Gasteiger partial charge >= 0.3 is 6.03 Å². The molecule has 1 saturated heterocycles. The number of rotatable bonds is 9. The van der Waals surface area contributed by atoms with Crippen LogP contribution in [0.25, 0.3) is 0 Å². The molecule has 2 aliphatic rings. The van der Waals surface area contributed by atoms with E-state index in [9.17, 15) is 22.8 Å². The van der Waals surface area contributed by atoms with Crippen molar-refractivity contribution in [2.45, 2.75) is 36.8 Å². The van der Waals surface area contributed by atoms with Crippen molar-refractivity contribution in [3.63, 3.8) is 0 Å². The Kier molecular flexibility index (Phi) is 8.64. The van der Waals surface area contributed by atoms with Crippen LogP contribution in [-0.4, -0.2) is 57.3 Å². The van der Waals surface area contributed by atoms with Crippen LogP contribution in [-0.2, 0) is 21.2 Å². The Bertz CT molecular complexity index is 1560. The van der Waals surface area contributed by atoms with E-state index < -0.39 is 22.0 Å². The summed E-state index contributed by atoms with van der Waals surface area (Å²) in [6, 6.07) is 11.8. The summed E-state index contributed by atoms with van der Waals surface area (Å²) in [4.78, 5) is 42.8. The van der Waals surface area contributed by atoms with Gasteiger partial charge in [0.15, 0.2) is 0 Å². The van der Waals surface area contributed by atoms with Crippen molar-refractivity contribution in [2.75, 3.05) is 41.7 Å². The Morgan fingerprint density at radius 3 is 2.41 bits per heavy atom. The molecule has 0 unspecified atom stereocenters. The number of nitrogens with zero attached hydrogens (tertiary/aromatic N) is 2. The molecule has 2 aliphatic heterocycles. The second kappa shape index (κ2) is 12.2. The van der Waals surface area contributed by atoms with Gasteiger partial charge in [0.2, 0.25) is 5.91 Å². The van der Waals surface area contributed by atoms with Crippen molar-refractivity contribution in [1.82, 2.24) is 9.62 Å². The summed E-state index contributed by atoms with van der Waals surface area (Å²) >= 11 is 6.89. The fourth-order valence-electron chi connectivity index (χ4n) is 4.93. The third-order valence-corrected chi connectivity index (χ3v) is 10.4. The lowest BCUT2D eigenvalue weighted by Crippen LogP contribution is -2.42. The number of hydrogen-bond acceptors (Lipinski definition) is 8. The van der Waals surface area contributed by atoms with Gasteiger partial charge in [0, 0.05) is 28.4 Å². The normalized spacial score (nSPS) is 15.6. The summed E-state index contributed by atoms with van der Waals surface area (Å²) in [5.74, 6) is -0.783. The predicted octanol–water partition coefficient (Wildman–Crippen LogP) is 4.85. The zero-order valence-corrected chi connectivity index (χ0v) is 24.8. The molecule has 3 N–H and O–H groups in total. The summed E-state index contributed by atoms with van der Waals surface area (Å²) in [7, 11) is -4.10. The molecule has 10 nitrogen and oxygen atoms in total. The van der Waals surface area contributed by atoms with Crippen LogP contribution < -0.4 is 20.3 Å². The molecular formula is C28H30ClN5O5S2. The van der Waals surface area contributed by atoms with Crippen molar-refractivity contribution in [3.05, 3.63) is 69.6 Å². The average Bonchev–Trinajstić information content (AvgIpc) is 3.57. The minimum atomic E-state index is -4.10. The maximum Gasteiger partial charge on any atom is 0.333 e. The Labute approximate surface area is 247 Å². The number of thiophene rings is 1. The van der Waals surface area contributed by atoms with Crippen LogP contribution in [0.5, 0.6) is 0 Å². The van der Waals surface area contributed by atoms with E-state index >= 15 is 0 Å². The molecular weight excluding hydrogens is 586 g/mol. The number of amides is 4. The number of carbonyl (C=O) groups excluding carboxylic acids is 3. The van der Waals surface area contributed by atoms with Crippen LogP contribution in [0.4, 0.5) is 21.9 Å². The third kappa shape index (κ3) is 6.72. The highest BCUT2D eigenvalue weighted by Crippen LogP contribution is 2.30. The molecule has 13 heteroatoms. The topological polar surface area (TPSA) is 128 Å². The molecule has 1 aromatic heterocycles. The number of aryl methyl sites for hydroxylation is 1. The molecule has 0 radical (unpaired) electrons. The van der Waals surface area contributed by atoms with Crippen molar-refractivity contribution >= 4 is 67.9 Å². The summed E-state index contributed by atoms with van der Waals surface area (Å²) in [5.41, 5.74) is 2.64. The van der Waals surface area contributed by atoms with Gasteiger partial charge in [0.25, 0.3) is 15.9 Å². The molecule has 3 aromatic rings. The van der Waals surface area contributed by atoms with Gasteiger partial charge in [-0.15, -0.1) is 11.3 Å². The molecule has 216 valence electrons. The first-order valence-corrected chi connectivity index (χ1v) is 15.9. The third-order valence-electron chi connectivity index (χ3n) is 7.02. The molecule has 0 spiro atoms. The van der Waals surface area contributed by atoms with E-state index in [1.165, 1.54) is 56.3 Å². The lowest BCUT2D eigenvalue weighted by Gasteiger charge is -2.27. The van der Waals surface area contributed by atoms with E-state index in [0.717, 1.165) is 41.4 Å². The van der Waals surface area contributed by atoms with Gasteiger partial charge in [-0.05, 0) is 99.9 Å². The lowest BCUT2D eigenvalue weighted by atomic mass is 9.97. The molecule has 0 saturated carbocycles. The first kappa shape index (κ1) is 29.1. The maximum atomic E-state index is 13.3. The molecule has 0 atom stereocenters. The van der Waals surface area contributed by atoms with E-state index in [1.807, 2.05) is 16.9 Å². The van der Waals surface area contributed by atoms with Crippen molar-refractivity contribution in [2.24, 2.45) is 0 Å². The van der Waals surface area contributed by atoms with Crippen LogP contribution in [0.15, 0.2) is 52.7 Å². The SMILES string of the molecule is Cc1sc(S(=O)(=O)NC(=O)Nc2ccc(N3C(=O)Cc4cc(NCCCN5CCCC5)ccc4C3=O)cc2)cc1Cl. The van der Waals surface area contributed by atoms with Crippen LogP contribution in [0.1, 0.15) is 40.1 Å². The summed E-state index contributed by atoms with van der Waals surface area (Å²) in [6.07, 6.45) is 3.65. The molecule has 0 bridgehead atoms. The molecule has 41 heavy (non-hydrogen) atoms. The number of likely N-dealkylation sites (tertiary alicyclic amines) is 1. The fourth-order valence-corrected chi connectivity index (χ4v) is 7.52. The van der Waals surface area contributed by atoms with E-state index in [-0.39, 0.29) is 22.2 Å². The molecule has 2 aromatic carbocycles. The number of hydrogen-bond donors (Lipinski definition) is 3. The minimum Gasteiger partial charge on any atom is -0.385 e. The number of sulfonamides is 1. The molecule has 3 heterocycles. The first-order valence-electron chi connectivity index (χ1n) is 13.3. The quantitative estimate of drug-likeness (QED) is 0.232. The molecule has 0 aliphatic carbocycles. The van der Waals surface area contributed by atoms with E-state index in [1.54, 1.807) is 13.0 Å². The largest absolute Gasteiger partial charge is 0.385 e. The fraction of sp³-hybridized carbons (Fsp3) is 0.321. The van der Waals surface area contributed by atoms with Gasteiger partial charge in [-0.2, -0.15) is 0 Å². The van der Waals surface area contributed by atoms with Crippen molar-refractivity contribution < 1.29 is 22.8 Å². The van der Waals surface area contributed by atoms with Crippen LogP contribution in [0, 0.1) is 6.92 Å². The number of imide groups is 1. The number of nitrogens with one attached hydrogen (secondary N) is 3. The maximum absolute atomic E-state index is 13.3. The standard InChI is InChI=1S/C28H30ClN5O5S2/c1-18-24(29)17-26(40-18)41(38,39)32-28(37)31-20-5-8-22(9-6-20)34-25(35)16-19-15-21(7-10-23(19)27(34)36)30-11-4-14-33-12-2-3-13-33/h5-10,15,17,30H,2-4,11-14,16H2,1H3,(H2,31,32,37). The Morgan fingerprint density at radius 1 is 1.02 bits per heavy atom. The van der Waals surface area contributed by atoms with Crippen LogP contribution >= 0.6 is 22.9 Å². The average molecular weight is 616 g/mol. The van der Waals surface area contributed by atoms with Crippen molar-refractivity contribution in [1.29, 1.82) is 0 Å². The highest BCUT2D eigenvalue weighted by atomic mass is 35.5. The summed E-state index contributed by atoms with van der Waals surface area (Å²) < 4.78 is 26.8. The van der Waals surface area contributed by atoms with Gasteiger partial charge in [0.05, 0.1) is 17.1 Å². The Hall–Kier alpha value is -3.45. The number of anilines is 3. The van der Waals surface area contributed by atoms with E-state index in [2.05, 4.69) is 15.5 Å². The van der Waals surface area contributed by atoms with Crippen LogP contribution in [0.3, 0.4) is 0 Å². The number of urea groups is 1. The second-order valence-corrected chi connectivity index (χ2v) is 13.6. The lowest BCUT2D eigenvalue weighted by molar-refractivity contribution is -0.117. The van der Waals surface area contributed by atoms with Crippen LogP contribution in [0.2, 0.25) is 5.02 Å². The highest BCUT2D eigenvalue weighted by molar-refractivity contribution is 7.92. The van der Waals surface area contributed by atoms with Gasteiger partial charge in [-0.1, -0.05) is 11.6 Å². The van der Waals surface area contributed by atoms with E-state index in [0.29, 0.717) is 26.7 Å². The summed E-state index contributed by atoms with van der Waals surface area (Å²) in [5, 5.41) is 6.14. The number of fused-ring (bicyclic) bond motifs is 1. The zero-order chi connectivity index (χ0) is 29.1. The van der Waals surface area contributed by atoms with Gasteiger partial charge in [-0.25, -0.2) is 22.8 Å². The molecule has 5 rings (SSSR count). The Morgan fingerprint density at radius 2 is 1.73 bits per heavy atom. The van der Waals surface area contributed by atoms with Gasteiger partial charge < -0.3 is 15.5 Å². The van der Waals surface area contributed by atoms with Gasteiger partial charge in [0.1, 0.15) is 4.21 Å². The van der Waals surface area contributed by atoms with Crippen molar-refractivity contribution in [3.8, 4) is 0 Å². The smallest absolute Gasteiger partial charge is 0.333 e. The Balaban J connectivity index is 1.19. The first-order chi connectivity index (χ1) is 19.6. The number of halogens is 1. The second-order valence-electron chi connectivity index (χ2n) is 9.99. The van der Waals surface area contributed by atoms with E-state index in [4.69, 9.17) is 11.6 Å². The molecule has 4 amide bonds. The highest BCUT2D eigenvalue weighted by Gasteiger charge is 2.32. The number of benzene rings is 2. The monoisotopic (exact) mass is 615 g/mol. The minimum absolute atomic E-state index is 0.0756. The van der Waals surface area contributed by atoms with Gasteiger partial charge in [-0.3, -0.25) is 9.59 Å².